The summed E-state index contributed by atoms with van der Waals surface area (Å²) in [4.78, 5) is 0. The average molecular weight is 253 g/mol. The first-order valence-electron chi connectivity index (χ1n) is 6.44. The second-order valence-corrected chi connectivity index (χ2v) is 4.16. The Morgan fingerprint density at radius 1 is 1.22 bits per heavy atom. The van der Waals surface area contributed by atoms with Gasteiger partial charge in [0.25, 0.3) is 0 Å². The van der Waals surface area contributed by atoms with Gasteiger partial charge in [-0.3, -0.25) is 0 Å². The van der Waals surface area contributed by atoms with Crippen LogP contribution in [0.5, 0.6) is 0 Å². The molecular weight excluding hydrogens is 230 g/mol. The smallest absolute Gasteiger partial charge is 0.0942 e. The second kappa shape index (κ2) is 9.05. The van der Waals surface area contributed by atoms with Crippen LogP contribution in [-0.2, 0) is 4.74 Å². The third-order valence-corrected chi connectivity index (χ3v) is 2.85. The summed E-state index contributed by atoms with van der Waals surface area (Å²) in [6.45, 7) is 3.66. The molecule has 0 saturated heterocycles. The summed E-state index contributed by atoms with van der Waals surface area (Å²) < 4.78 is 5.17. The summed E-state index contributed by atoms with van der Waals surface area (Å²) in [5.41, 5.74) is 0.924. The fraction of sp³-hybridized carbons (Fsp3) is 0.571. The number of rotatable bonds is 9. The lowest BCUT2D eigenvalue weighted by atomic mass is 10.0. The molecular formula is C14H23NO3. The van der Waals surface area contributed by atoms with E-state index in [4.69, 9.17) is 9.84 Å². The third-order valence-electron chi connectivity index (χ3n) is 2.85. The largest absolute Gasteiger partial charge is 0.394 e. The van der Waals surface area contributed by atoms with Crippen molar-refractivity contribution < 1.29 is 14.9 Å². The Labute approximate surface area is 109 Å². The highest BCUT2D eigenvalue weighted by Crippen LogP contribution is 2.18. The molecule has 0 aliphatic rings. The lowest BCUT2D eigenvalue weighted by Crippen LogP contribution is -2.36. The van der Waals surface area contributed by atoms with Crippen LogP contribution in [0.1, 0.15) is 25.0 Å². The van der Waals surface area contributed by atoms with Crippen molar-refractivity contribution in [1.82, 2.24) is 5.32 Å². The van der Waals surface area contributed by atoms with Crippen molar-refractivity contribution in [3.8, 4) is 0 Å². The summed E-state index contributed by atoms with van der Waals surface area (Å²) in [6.07, 6.45) is 0.338. The molecule has 1 rings (SSSR count). The number of nitrogens with one attached hydrogen (secondary N) is 1. The Balaban J connectivity index is 2.36. The Morgan fingerprint density at radius 2 is 1.94 bits per heavy atom. The first kappa shape index (κ1) is 15.1. The van der Waals surface area contributed by atoms with E-state index >= 15 is 0 Å². The summed E-state index contributed by atoms with van der Waals surface area (Å²) >= 11 is 0. The first-order chi connectivity index (χ1) is 8.79. The van der Waals surface area contributed by atoms with E-state index in [0.29, 0.717) is 19.8 Å². The topological polar surface area (TPSA) is 61.7 Å². The molecule has 0 spiro atoms. The zero-order valence-electron chi connectivity index (χ0n) is 10.9. The molecule has 0 saturated carbocycles. The summed E-state index contributed by atoms with van der Waals surface area (Å²) in [5.74, 6) is 0. The zero-order chi connectivity index (χ0) is 13.2. The van der Waals surface area contributed by atoms with Gasteiger partial charge in [0.2, 0.25) is 0 Å². The Morgan fingerprint density at radius 3 is 2.56 bits per heavy atom. The van der Waals surface area contributed by atoms with Gasteiger partial charge in [-0.1, -0.05) is 37.3 Å². The minimum absolute atomic E-state index is 0.0186. The van der Waals surface area contributed by atoms with E-state index in [1.165, 1.54) is 0 Å². The zero-order valence-corrected chi connectivity index (χ0v) is 10.9. The van der Waals surface area contributed by atoms with Crippen molar-refractivity contribution in [2.75, 3.05) is 26.4 Å². The Hall–Kier alpha value is -0.940. The molecule has 4 heteroatoms. The van der Waals surface area contributed by atoms with E-state index < -0.39 is 6.10 Å². The van der Waals surface area contributed by atoms with Crippen molar-refractivity contribution >= 4 is 0 Å². The van der Waals surface area contributed by atoms with Crippen molar-refractivity contribution in [1.29, 1.82) is 0 Å². The predicted molar refractivity (Wildman–Crippen MR) is 71.4 cm³/mol. The van der Waals surface area contributed by atoms with Gasteiger partial charge in [0.05, 0.1) is 25.9 Å². The van der Waals surface area contributed by atoms with Crippen LogP contribution in [0.25, 0.3) is 0 Å². The van der Waals surface area contributed by atoms with Crippen LogP contribution in [0, 0.1) is 0 Å². The van der Waals surface area contributed by atoms with Gasteiger partial charge in [0.1, 0.15) is 0 Å². The minimum atomic E-state index is -0.506. The lowest BCUT2D eigenvalue weighted by Gasteiger charge is -2.23. The first-order valence-corrected chi connectivity index (χ1v) is 6.44. The fourth-order valence-corrected chi connectivity index (χ4v) is 1.84. The van der Waals surface area contributed by atoms with E-state index in [1.54, 1.807) is 0 Å². The van der Waals surface area contributed by atoms with E-state index in [2.05, 4.69) is 5.32 Å². The quantitative estimate of drug-likeness (QED) is 0.577. The molecule has 4 nitrogen and oxygen atoms in total. The predicted octanol–water partition coefficient (Wildman–Crippen LogP) is 1.10. The summed E-state index contributed by atoms with van der Waals surface area (Å²) in [7, 11) is 0. The standard InChI is InChI=1S/C14H23NO3/c1-2-13(15-8-10-18-11-9-16)14(17)12-6-4-3-5-7-12/h3-7,13-17H,2,8-11H2,1H3. The molecule has 102 valence electrons. The molecule has 0 bridgehead atoms. The molecule has 1 aromatic carbocycles. The molecule has 18 heavy (non-hydrogen) atoms. The van der Waals surface area contributed by atoms with E-state index in [1.807, 2.05) is 37.3 Å². The number of ether oxygens (including phenoxy) is 1. The molecule has 0 aliphatic carbocycles. The van der Waals surface area contributed by atoms with Crippen molar-refractivity contribution in [3.05, 3.63) is 35.9 Å². The van der Waals surface area contributed by atoms with Crippen LogP contribution in [0.3, 0.4) is 0 Å². The van der Waals surface area contributed by atoms with Crippen LogP contribution >= 0.6 is 0 Å². The van der Waals surface area contributed by atoms with Gasteiger partial charge in [-0.25, -0.2) is 0 Å². The number of hydrogen-bond acceptors (Lipinski definition) is 4. The molecule has 0 amide bonds. The lowest BCUT2D eigenvalue weighted by molar-refractivity contribution is 0.0824. The SMILES string of the molecule is CCC(NCCOCCO)C(O)c1ccccc1. The van der Waals surface area contributed by atoms with Gasteiger partial charge < -0.3 is 20.3 Å². The van der Waals surface area contributed by atoms with Gasteiger partial charge >= 0.3 is 0 Å². The molecule has 0 heterocycles. The van der Waals surface area contributed by atoms with Crippen LogP contribution in [-0.4, -0.2) is 42.6 Å². The van der Waals surface area contributed by atoms with Crippen LogP contribution in [0.2, 0.25) is 0 Å². The number of hydrogen-bond donors (Lipinski definition) is 3. The highest BCUT2D eigenvalue weighted by molar-refractivity contribution is 5.18. The molecule has 0 aliphatic heterocycles. The van der Waals surface area contributed by atoms with Gasteiger partial charge in [0, 0.05) is 12.6 Å². The highest BCUT2D eigenvalue weighted by Gasteiger charge is 2.17. The summed E-state index contributed by atoms with van der Waals surface area (Å²) in [5, 5.41) is 22.1. The fourth-order valence-electron chi connectivity index (χ4n) is 1.84. The number of aliphatic hydroxyl groups excluding tert-OH is 2. The molecule has 1 aromatic rings. The number of benzene rings is 1. The van der Waals surface area contributed by atoms with E-state index in [-0.39, 0.29) is 12.6 Å². The molecule has 2 atom stereocenters. The Bertz CT molecular complexity index is 305. The third kappa shape index (κ3) is 5.14. The van der Waals surface area contributed by atoms with Crippen molar-refractivity contribution in [2.45, 2.75) is 25.5 Å². The normalized spacial score (nSPS) is 14.4. The van der Waals surface area contributed by atoms with E-state index in [9.17, 15) is 5.11 Å². The average Bonchev–Trinajstić information content (AvgIpc) is 2.43. The van der Waals surface area contributed by atoms with E-state index in [0.717, 1.165) is 12.0 Å². The van der Waals surface area contributed by atoms with Crippen LogP contribution < -0.4 is 5.32 Å². The maximum absolute atomic E-state index is 10.2. The molecule has 2 unspecified atom stereocenters. The highest BCUT2D eigenvalue weighted by atomic mass is 16.5. The molecule has 0 radical (unpaired) electrons. The number of aliphatic hydroxyl groups is 2. The maximum atomic E-state index is 10.2. The molecule has 0 aromatic heterocycles. The molecule has 3 N–H and O–H groups in total. The van der Waals surface area contributed by atoms with Crippen molar-refractivity contribution in [2.24, 2.45) is 0 Å². The minimum Gasteiger partial charge on any atom is -0.394 e. The second-order valence-electron chi connectivity index (χ2n) is 4.16. The van der Waals surface area contributed by atoms with Gasteiger partial charge in [-0.15, -0.1) is 0 Å². The van der Waals surface area contributed by atoms with Gasteiger partial charge in [-0.2, -0.15) is 0 Å². The monoisotopic (exact) mass is 253 g/mol. The Kier molecular flexibility index (Phi) is 7.60. The molecule has 0 fully saturated rings. The van der Waals surface area contributed by atoms with Crippen LogP contribution in [0.15, 0.2) is 30.3 Å². The van der Waals surface area contributed by atoms with Gasteiger partial charge in [-0.05, 0) is 12.0 Å². The van der Waals surface area contributed by atoms with Crippen molar-refractivity contribution in [3.63, 3.8) is 0 Å². The summed E-state index contributed by atoms with van der Waals surface area (Å²) in [6, 6.07) is 9.66. The van der Waals surface area contributed by atoms with Crippen LogP contribution in [0.4, 0.5) is 0 Å². The maximum Gasteiger partial charge on any atom is 0.0942 e. The van der Waals surface area contributed by atoms with Gasteiger partial charge in [0.15, 0.2) is 0 Å².